The maximum Gasteiger partial charge on any atom is 0.333 e. The van der Waals surface area contributed by atoms with Gasteiger partial charge in [0.15, 0.2) is 0 Å². The smallest absolute Gasteiger partial charge is 0.333 e. The zero-order valence-electron chi connectivity index (χ0n) is 8.19. The van der Waals surface area contributed by atoms with Crippen molar-refractivity contribution in [2.24, 2.45) is 5.73 Å². The number of nitrogens with zero attached hydrogens (tertiary/aromatic N) is 2. The molecule has 1 fully saturated rings. The number of nitrogens with two attached hydrogens (primary N) is 1. The van der Waals surface area contributed by atoms with Crippen LogP contribution in [0.5, 0.6) is 0 Å². The molecule has 1 aromatic carbocycles. The van der Waals surface area contributed by atoms with Crippen molar-refractivity contribution in [3.05, 3.63) is 28.7 Å². The van der Waals surface area contributed by atoms with Crippen molar-refractivity contribution in [3.63, 3.8) is 0 Å². The van der Waals surface area contributed by atoms with Crippen molar-refractivity contribution in [1.82, 2.24) is 5.01 Å². The van der Waals surface area contributed by atoms with E-state index in [-0.39, 0.29) is 0 Å². The number of hydrogen-bond acceptors (Lipinski definition) is 2. The fourth-order valence-corrected chi connectivity index (χ4v) is 2.24. The lowest BCUT2D eigenvalue weighted by Gasteiger charge is -2.28. The molecule has 2 amide bonds. The SMILES string of the molecule is NC(=O)N1CCCN1c1ccccc1Br. The molecule has 2 rings (SSSR count). The molecule has 0 aliphatic carbocycles. The zero-order chi connectivity index (χ0) is 10.8. The van der Waals surface area contributed by atoms with Gasteiger partial charge in [-0.2, -0.15) is 0 Å². The number of primary amides is 1. The number of carbonyl (C=O) groups is 1. The van der Waals surface area contributed by atoms with Crippen LogP contribution in [0, 0.1) is 0 Å². The van der Waals surface area contributed by atoms with Crippen LogP contribution in [0.3, 0.4) is 0 Å². The number of amides is 2. The molecule has 0 bridgehead atoms. The Morgan fingerprint density at radius 3 is 2.73 bits per heavy atom. The molecule has 0 unspecified atom stereocenters. The molecule has 0 aromatic heterocycles. The molecule has 1 heterocycles. The Kier molecular flexibility index (Phi) is 2.81. The van der Waals surface area contributed by atoms with Gasteiger partial charge in [0.05, 0.1) is 5.69 Å². The lowest BCUT2D eigenvalue weighted by atomic mass is 10.3. The molecule has 1 aliphatic rings. The fourth-order valence-electron chi connectivity index (χ4n) is 1.75. The largest absolute Gasteiger partial charge is 0.350 e. The highest BCUT2D eigenvalue weighted by molar-refractivity contribution is 9.10. The molecule has 2 N–H and O–H groups in total. The third-order valence-corrected chi connectivity index (χ3v) is 3.09. The molecule has 1 aromatic rings. The average molecular weight is 270 g/mol. The van der Waals surface area contributed by atoms with E-state index in [1.807, 2.05) is 29.3 Å². The summed E-state index contributed by atoms with van der Waals surface area (Å²) < 4.78 is 0.971. The van der Waals surface area contributed by atoms with Gasteiger partial charge in [0.2, 0.25) is 0 Å². The summed E-state index contributed by atoms with van der Waals surface area (Å²) >= 11 is 3.46. The number of anilines is 1. The number of halogens is 1. The zero-order valence-corrected chi connectivity index (χ0v) is 9.77. The first-order chi connectivity index (χ1) is 7.20. The molecule has 0 radical (unpaired) electrons. The lowest BCUT2D eigenvalue weighted by molar-refractivity contribution is 0.214. The summed E-state index contributed by atoms with van der Waals surface area (Å²) in [6, 6.07) is 7.40. The van der Waals surface area contributed by atoms with Gasteiger partial charge in [-0.1, -0.05) is 12.1 Å². The highest BCUT2D eigenvalue weighted by atomic mass is 79.9. The highest BCUT2D eigenvalue weighted by Crippen LogP contribution is 2.29. The third kappa shape index (κ3) is 1.92. The van der Waals surface area contributed by atoms with Crippen molar-refractivity contribution < 1.29 is 4.79 Å². The number of urea groups is 1. The number of para-hydroxylation sites is 1. The predicted molar refractivity (Wildman–Crippen MR) is 62.4 cm³/mol. The standard InChI is InChI=1S/C10H12BrN3O/c11-8-4-1-2-5-9(8)13-6-3-7-14(13)10(12)15/h1-2,4-5H,3,6-7H2,(H2,12,15). The Balaban J connectivity index is 2.30. The minimum absolute atomic E-state index is 0.400. The maximum atomic E-state index is 11.2. The molecule has 4 nitrogen and oxygen atoms in total. The number of benzene rings is 1. The van der Waals surface area contributed by atoms with Crippen molar-refractivity contribution >= 4 is 27.6 Å². The Hall–Kier alpha value is -1.23. The van der Waals surface area contributed by atoms with Crippen LogP contribution < -0.4 is 10.7 Å². The van der Waals surface area contributed by atoms with E-state index < -0.39 is 6.03 Å². The van der Waals surface area contributed by atoms with Gasteiger partial charge in [0.25, 0.3) is 0 Å². The monoisotopic (exact) mass is 269 g/mol. The first-order valence-electron chi connectivity index (χ1n) is 4.79. The first kappa shape index (κ1) is 10.3. The Morgan fingerprint density at radius 2 is 2.07 bits per heavy atom. The van der Waals surface area contributed by atoms with Crippen LogP contribution in [0.25, 0.3) is 0 Å². The summed E-state index contributed by atoms with van der Waals surface area (Å²) in [5, 5.41) is 3.48. The normalized spacial score (nSPS) is 15.8. The molecular weight excluding hydrogens is 258 g/mol. The van der Waals surface area contributed by atoms with Crippen molar-refractivity contribution in [2.45, 2.75) is 6.42 Å². The summed E-state index contributed by atoms with van der Waals surface area (Å²) in [6.07, 6.45) is 0.949. The molecule has 0 atom stereocenters. The maximum absolute atomic E-state index is 11.2. The molecule has 15 heavy (non-hydrogen) atoms. The van der Waals surface area contributed by atoms with Crippen LogP contribution in [0.15, 0.2) is 28.7 Å². The summed E-state index contributed by atoms with van der Waals surface area (Å²) in [4.78, 5) is 11.2. The van der Waals surface area contributed by atoms with Crippen LogP contribution in [-0.4, -0.2) is 24.1 Å². The van der Waals surface area contributed by atoms with E-state index >= 15 is 0 Å². The van der Waals surface area contributed by atoms with Crippen LogP contribution >= 0.6 is 15.9 Å². The number of hydrazine groups is 1. The van der Waals surface area contributed by atoms with Crippen LogP contribution in [0.4, 0.5) is 10.5 Å². The van der Waals surface area contributed by atoms with Gasteiger partial charge in [-0.3, -0.25) is 5.01 Å². The Morgan fingerprint density at radius 1 is 1.33 bits per heavy atom. The Bertz CT molecular complexity index is 383. The fraction of sp³-hybridized carbons (Fsp3) is 0.300. The van der Waals surface area contributed by atoms with E-state index in [0.29, 0.717) is 6.54 Å². The quantitative estimate of drug-likeness (QED) is 0.848. The minimum atomic E-state index is -0.400. The van der Waals surface area contributed by atoms with Gasteiger partial charge in [-0.15, -0.1) is 0 Å². The summed E-state index contributed by atoms with van der Waals surface area (Å²) in [6.45, 7) is 1.52. The van der Waals surface area contributed by atoms with Gasteiger partial charge in [0.1, 0.15) is 0 Å². The van der Waals surface area contributed by atoms with E-state index in [2.05, 4.69) is 15.9 Å². The molecular formula is C10H12BrN3O. The lowest BCUT2D eigenvalue weighted by Crippen LogP contribution is -2.44. The molecule has 5 heteroatoms. The topological polar surface area (TPSA) is 49.6 Å². The molecule has 0 saturated carbocycles. The van der Waals surface area contributed by atoms with Gasteiger partial charge < -0.3 is 5.73 Å². The second-order valence-corrected chi connectivity index (χ2v) is 4.24. The van der Waals surface area contributed by atoms with Gasteiger partial charge in [-0.25, -0.2) is 9.80 Å². The summed E-state index contributed by atoms with van der Waals surface area (Å²) in [7, 11) is 0. The van der Waals surface area contributed by atoms with Crippen LogP contribution in [0.2, 0.25) is 0 Å². The van der Waals surface area contributed by atoms with Gasteiger partial charge >= 0.3 is 6.03 Å². The predicted octanol–water partition coefficient (Wildman–Crippen LogP) is 1.95. The van der Waals surface area contributed by atoms with Crippen molar-refractivity contribution in [3.8, 4) is 0 Å². The summed E-state index contributed by atoms with van der Waals surface area (Å²) in [5.74, 6) is 0. The van der Waals surface area contributed by atoms with Crippen molar-refractivity contribution in [2.75, 3.05) is 18.1 Å². The number of rotatable bonds is 1. The number of hydrogen-bond donors (Lipinski definition) is 1. The van der Waals surface area contributed by atoms with E-state index in [0.717, 1.165) is 23.1 Å². The van der Waals surface area contributed by atoms with E-state index in [4.69, 9.17) is 5.73 Å². The minimum Gasteiger partial charge on any atom is -0.350 e. The Labute approximate surface area is 96.7 Å². The van der Waals surface area contributed by atoms with Gasteiger partial charge in [0, 0.05) is 17.6 Å². The number of carbonyl (C=O) groups excluding carboxylic acids is 1. The van der Waals surface area contributed by atoms with Crippen LogP contribution in [0.1, 0.15) is 6.42 Å². The summed E-state index contributed by atoms with van der Waals surface area (Å²) in [5.41, 5.74) is 6.29. The van der Waals surface area contributed by atoms with E-state index in [1.54, 1.807) is 5.01 Å². The van der Waals surface area contributed by atoms with Crippen LogP contribution in [-0.2, 0) is 0 Å². The second kappa shape index (κ2) is 4.10. The third-order valence-electron chi connectivity index (χ3n) is 2.42. The molecule has 1 aliphatic heterocycles. The van der Waals surface area contributed by atoms with Crippen molar-refractivity contribution in [1.29, 1.82) is 0 Å². The second-order valence-electron chi connectivity index (χ2n) is 3.39. The molecule has 80 valence electrons. The first-order valence-corrected chi connectivity index (χ1v) is 5.58. The van der Waals surface area contributed by atoms with Gasteiger partial charge in [-0.05, 0) is 34.5 Å². The highest BCUT2D eigenvalue weighted by Gasteiger charge is 2.26. The van der Waals surface area contributed by atoms with E-state index in [1.165, 1.54) is 0 Å². The van der Waals surface area contributed by atoms with E-state index in [9.17, 15) is 4.79 Å². The molecule has 1 saturated heterocycles. The molecule has 0 spiro atoms. The average Bonchev–Trinajstić information content (AvgIpc) is 2.67.